The molecule has 314 valence electrons. The number of esters is 3. The number of fused-ring (bicyclic) bond motifs is 6. The summed E-state index contributed by atoms with van der Waals surface area (Å²) in [5.74, 6) is -1.31. The Labute approximate surface area is 359 Å². The molecule has 1 aromatic heterocycles. The molecule has 9 rings (SSSR count). The Morgan fingerprint density at radius 1 is 1.03 bits per heavy atom. The molecule has 9 atom stereocenters. The molecule has 6 aliphatic rings. The molecule has 1 unspecified atom stereocenters. The number of ether oxygens (including phenoxy) is 4. The van der Waals surface area contributed by atoms with Gasteiger partial charge in [0.15, 0.2) is 6.10 Å². The van der Waals surface area contributed by atoms with E-state index in [0.717, 1.165) is 69.5 Å². The van der Waals surface area contributed by atoms with Crippen LogP contribution in [-0.4, -0.2) is 123 Å². The van der Waals surface area contributed by atoms with Crippen LogP contribution in [0.25, 0.3) is 10.9 Å². The van der Waals surface area contributed by atoms with Gasteiger partial charge in [-0.15, -0.1) is 0 Å². The lowest BCUT2D eigenvalue weighted by Crippen LogP contribution is -2.81. The number of H-pyrrole nitrogens is 1. The van der Waals surface area contributed by atoms with E-state index in [1.54, 1.807) is 7.11 Å². The van der Waals surface area contributed by atoms with Crippen LogP contribution in [0.4, 0.5) is 5.69 Å². The molecule has 3 aromatic rings. The van der Waals surface area contributed by atoms with Crippen molar-refractivity contribution in [2.75, 3.05) is 66.0 Å². The minimum atomic E-state index is -2.28. The van der Waals surface area contributed by atoms with Gasteiger partial charge in [0.25, 0.3) is 0 Å². The van der Waals surface area contributed by atoms with Crippen molar-refractivity contribution < 1.29 is 38.4 Å². The Bertz CT molecular complexity index is 2320. The lowest BCUT2D eigenvalue weighted by atomic mass is 9.47. The molecular formula is C46H55IN4O8. The maximum atomic E-state index is 15.4. The van der Waals surface area contributed by atoms with Crippen LogP contribution in [0.2, 0.25) is 0 Å². The third-order valence-corrected chi connectivity index (χ3v) is 16.0. The zero-order valence-electron chi connectivity index (χ0n) is 35.0. The van der Waals surface area contributed by atoms with Gasteiger partial charge >= 0.3 is 17.9 Å². The highest BCUT2D eigenvalue weighted by Crippen LogP contribution is 2.68. The van der Waals surface area contributed by atoms with Gasteiger partial charge in [0.2, 0.25) is 5.60 Å². The van der Waals surface area contributed by atoms with Crippen LogP contribution < -0.4 is 9.64 Å². The van der Waals surface area contributed by atoms with Crippen LogP contribution in [0.15, 0.2) is 54.1 Å². The molecule has 12 nitrogen and oxygen atoms in total. The van der Waals surface area contributed by atoms with Crippen molar-refractivity contribution in [3.05, 3.63) is 80.1 Å². The number of halogens is 1. The molecule has 1 aliphatic carbocycles. The van der Waals surface area contributed by atoms with Gasteiger partial charge < -0.3 is 33.9 Å². The molecule has 2 bridgehead atoms. The minimum Gasteiger partial charge on any atom is -0.496 e. The number of likely N-dealkylation sites (N-methyl/N-ethyl adjacent to an activating group) is 1. The largest absolute Gasteiger partial charge is 0.496 e. The summed E-state index contributed by atoms with van der Waals surface area (Å²) < 4.78 is 25.1. The van der Waals surface area contributed by atoms with Crippen LogP contribution >= 0.6 is 22.6 Å². The average molecular weight is 919 g/mol. The number of aliphatic hydroxyl groups is 1. The number of hydrogen-bond acceptors (Lipinski definition) is 11. The number of benzene rings is 2. The normalized spacial score (nSPS) is 34.4. The molecule has 0 amide bonds. The van der Waals surface area contributed by atoms with E-state index in [2.05, 4.69) is 86.8 Å². The standard InChI is InChI=1S/C46H55IN4O8/c1-8-27-20-28-23-45(41(53)57-6,37-30(14-18-50(24-27)25-28)29-12-10-13-33(47)36(29)48-37)32-21-31-34(22-35(32)56-5)49(4)39-44(31)16-19-51-17-11-15-43(9-2,38(44)51)40(59-26(3)52)46(39,55)42(54)58-7/h10-13,15,20-22,28,38-40,48,55H,8-9,14,16-19,23-25H2,1-7H3/t28-,38+,39-,40-,43-,44-,45+,46+/m1/s1. The number of nitrogens with one attached hydrogen (secondary N) is 1. The first-order chi connectivity index (χ1) is 28.3. The number of carbonyl (C=O) groups excluding carboxylic acids is 3. The van der Waals surface area contributed by atoms with Gasteiger partial charge in [-0.3, -0.25) is 19.4 Å². The van der Waals surface area contributed by atoms with Gasteiger partial charge in [-0.1, -0.05) is 49.8 Å². The topological polar surface area (TPSA) is 134 Å². The fourth-order valence-corrected chi connectivity index (χ4v) is 13.7. The third kappa shape index (κ3) is 5.32. The Morgan fingerprint density at radius 3 is 2.51 bits per heavy atom. The lowest BCUT2D eigenvalue weighted by Gasteiger charge is -2.63. The Kier molecular flexibility index (Phi) is 9.84. The molecule has 1 saturated heterocycles. The van der Waals surface area contributed by atoms with Crippen molar-refractivity contribution in [1.82, 2.24) is 14.8 Å². The van der Waals surface area contributed by atoms with Crippen LogP contribution in [-0.2, 0) is 45.8 Å². The molecule has 2 fully saturated rings. The monoisotopic (exact) mass is 918 g/mol. The number of carbonyl (C=O) groups is 3. The first-order valence-electron chi connectivity index (χ1n) is 21.0. The predicted octanol–water partition coefficient (Wildman–Crippen LogP) is 5.40. The fourth-order valence-electron chi connectivity index (χ4n) is 13.1. The van der Waals surface area contributed by atoms with Gasteiger partial charge in [0.1, 0.15) is 11.2 Å². The third-order valence-electron chi connectivity index (χ3n) is 15.1. The number of anilines is 1. The fraction of sp³-hybridized carbons (Fsp3) is 0.543. The van der Waals surface area contributed by atoms with Gasteiger partial charge in [-0.25, -0.2) is 4.79 Å². The highest BCUT2D eigenvalue weighted by molar-refractivity contribution is 14.1. The molecular weight excluding hydrogens is 863 g/mol. The number of hydrogen-bond donors (Lipinski definition) is 2. The van der Waals surface area contributed by atoms with Crippen molar-refractivity contribution in [2.45, 2.75) is 87.5 Å². The quantitative estimate of drug-likeness (QED) is 0.137. The molecule has 6 heterocycles. The van der Waals surface area contributed by atoms with Gasteiger partial charge in [-0.05, 0) is 90.4 Å². The van der Waals surface area contributed by atoms with Gasteiger partial charge in [-0.2, -0.15) is 0 Å². The van der Waals surface area contributed by atoms with Crippen molar-refractivity contribution in [3.8, 4) is 5.75 Å². The second kappa shape index (κ2) is 14.3. The smallest absolute Gasteiger partial charge is 0.344 e. The van der Waals surface area contributed by atoms with Gasteiger partial charge in [0.05, 0.1) is 32.9 Å². The molecule has 1 spiro atoms. The molecule has 1 saturated carbocycles. The number of nitrogens with zero attached hydrogens (tertiary/aromatic N) is 3. The SMILES string of the molecule is CCC1=C[C@H]2CN(CCc3c([nH]c4c(I)cccc34)[C@@](C(=O)OC)(c3cc4c(cc3OC)N(C)[C@H]3[C@@](O)(C(=O)OC)[C@H](OC(C)=O)[C@]5(CC)C=CCN6CC[C@]43[C@@H]65)C2)C1. The van der Waals surface area contributed by atoms with E-state index in [1.807, 2.05) is 24.9 Å². The highest BCUT2D eigenvalue weighted by Gasteiger charge is 2.80. The minimum absolute atomic E-state index is 0.0163. The summed E-state index contributed by atoms with van der Waals surface area (Å²) in [6, 6.07) is 9.25. The number of methoxy groups -OCH3 is 3. The molecule has 2 N–H and O–H groups in total. The van der Waals surface area contributed by atoms with Gasteiger partial charge in [0, 0.05) is 89.0 Å². The van der Waals surface area contributed by atoms with Crippen LogP contribution in [0.5, 0.6) is 5.75 Å². The van der Waals surface area contributed by atoms with Crippen LogP contribution in [0.3, 0.4) is 0 Å². The zero-order chi connectivity index (χ0) is 41.8. The maximum Gasteiger partial charge on any atom is 0.344 e. The molecule has 0 radical (unpaired) electrons. The van der Waals surface area contributed by atoms with E-state index in [9.17, 15) is 14.7 Å². The summed E-state index contributed by atoms with van der Waals surface area (Å²) in [7, 11) is 6.25. The molecule has 13 heteroatoms. The summed E-state index contributed by atoms with van der Waals surface area (Å²) in [5.41, 5.74) is 1.12. The number of rotatable bonds is 7. The molecule has 5 aliphatic heterocycles. The Morgan fingerprint density at radius 2 is 1.81 bits per heavy atom. The van der Waals surface area contributed by atoms with Crippen LogP contribution in [0.1, 0.15) is 68.8 Å². The van der Waals surface area contributed by atoms with Crippen molar-refractivity contribution in [1.29, 1.82) is 0 Å². The second-order valence-electron chi connectivity index (χ2n) is 17.6. The number of aromatic nitrogens is 1. The summed E-state index contributed by atoms with van der Waals surface area (Å²) in [5, 5.41) is 14.4. The molecule has 2 aromatic carbocycles. The predicted molar refractivity (Wildman–Crippen MR) is 232 cm³/mol. The maximum absolute atomic E-state index is 15.4. The highest BCUT2D eigenvalue weighted by atomic mass is 127. The van der Waals surface area contributed by atoms with E-state index < -0.39 is 45.9 Å². The van der Waals surface area contributed by atoms with E-state index in [4.69, 9.17) is 18.9 Å². The van der Waals surface area contributed by atoms with E-state index in [0.29, 0.717) is 43.7 Å². The summed E-state index contributed by atoms with van der Waals surface area (Å²) in [6.45, 7) is 9.43. The first kappa shape index (κ1) is 40.5. The van der Waals surface area contributed by atoms with E-state index in [1.165, 1.54) is 26.7 Å². The summed E-state index contributed by atoms with van der Waals surface area (Å²) in [6.07, 6.45) is 8.42. The lowest BCUT2D eigenvalue weighted by molar-refractivity contribution is -0.228. The Balaban J connectivity index is 1.38. The first-order valence-corrected chi connectivity index (χ1v) is 22.0. The molecule has 59 heavy (non-hydrogen) atoms. The number of aromatic amines is 1. The second-order valence-corrected chi connectivity index (χ2v) is 18.8. The van der Waals surface area contributed by atoms with Crippen LogP contribution in [0, 0.1) is 14.9 Å². The van der Waals surface area contributed by atoms with E-state index >= 15 is 4.79 Å². The van der Waals surface area contributed by atoms with Crippen molar-refractivity contribution in [3.63, 3.8) is 0 Å². The van der Waals surface area contributed by atoms with Crippen molar-refractivity contribution >= 4 is 57.1 Å². The zero-order valence-corrected chi connectivity index (χ0v) is 37.2. The van der Waals surface area contributed by atoms with Crippen molar-refractivity contribution in [2.24, 2.45) is 11.3 Å². The number of para-hydroxylation sites is 1. The average Bonchev–Trinajstić information content (AvgIpc) is 3.90. The summed E-state index contributed by atoms with van der Waals surface area (Å²) in [4.78, 5) is 53.6. The summed E-state index contributed by atoms with van der Waals surface area (Å²) >= 11 is 2.37. The van der Waals surface area contributed by atoms with E-state index in [-0.39, 0.29) is 17.9 Å². The Hall–Kier alpha value is -3.92.